The SMILES string of the molecule is CC(=O)c1cn(C)c2ccc(OC(F)(F)F)cc12. The number of carbonyl (C=O) groups is 1. The molecule has 0 aliphatic heterocycles. The minimum Gasteiger partial charge on any atom is -0.406 e. The number of alkyl halides is 3. The molecular formula is C12H10F3NO2. The number of carbonyl (C=O) groups excluding carboxylic acids is 1. The van der Waals surface area contributed by atoms with Crippen molar-refractivity contribution in [1.82, 2.24) is 4.57 Å². The van der Waals surface area contributed by atoms with Gasteiger partial charge in [-0.3, -0.25) is 4.79 Å². The van der Waals surface area contributed by atoms with Gasteiger partial charge in [0, 0.05) is 29.7 Å². The van der Waals surface area contributed by atoms with E-state index in [-0.39, 0.29) is 11.5 Å². The van der Waals surface area contributed by atoms with E-state index < -0.39 is 6.36 Å². The van der Waals surface area contributed by atoms with Gasteiger partial charge in [-0.05, 0) is 25.1 Å². The van der Waals surface area contributed by atoms with E-state index in [9.17, 15) is 18.0 Å². The van der Waals surface area contributed by atoms with Crippen LogP contribution in [-0.4, -0.2) is 16.7 Å². The second kappa shape index (κ2) is 4.04. The van der Waals surface area contributed by atoms with E-state index in [2.05, 4.69) is 4.74 Å². The molecule has 6 heteroatoms. The normalized spacial score (nSPS) is 11.8. The van der Waals surface area contributed by atoms with Gasteiger partial charge in [-0.2, -0.15) is 0 Å². The summed E-state index contributed by atoms with van der Waals surface area (Å²) in [7, 11) is 1.72. The van der Waals surface area contributed by atoms with Gasteiger partial charge in [0.2, 0.25) is 0 Å². The molecule has 0 saturated carbocycles. The van der Waals surface area contributed by atoms with E-state index in [0.29, 0.717) is 16.5 Å². The number of nitrogens with zero attached hydrogens (tertiary/aromatic N) is 1. The molecule has 3 nitrogen and oxygen atoms in total. The first-order valence-electron chi connectivity index (χ1n) is 5.14. The Morgan fingerprint density at radius 2 is 2.00 bits per heavy atom. The zero-order valence-electron chi connectivity index (χ0n) is 9.71. The van der Waals surface area contributed by atoms with E-state index >= 15 is 0 Å². The molecule has 0 atom stereocenters. The molecule has 2 rings (SSSR count). The van der Waals surface area contributed by atoms with Crippen LogP contribution in [0.25, 0.3) is 10.9 Å². The third-order valence-electron chi connectivity index (χ3n) is 2.57. The maximum absolute atomic E-state index is 12.1. The summed E-state index contributed by atoms with van der Waals surface area (Å²) in [5.74, 6) is -0.534. The highest BCUT2D eigenvalue weighted by Gasteiger charge is 2.31. The number of aromatic nitrogens is 1. The molecule has 0 spiro atoms. The number of hydrogen-bond donors (Lipinski definition) is 0. The zero-order valence-corrected chi connectivity index (χ0v) is 9.71. The third-order valence-corrected chi connectivity index (χ3v) is 2.57. The number of Topliss-reactive ketones (excluding diaryl/α,β-unsaturated/α-hetero) is 1. The average Bonchev–Trinajstić information content (AvgIpc) is 2.53. The monoisotopic (exact) mass is 257 g/mol. The molecule has 0 aliphatic rings. The van der Waals surface area contributed by atoms with Crippen molar-refractivity contribution in [2.75, 3.05) is 0 Å². The summed E-state index contributed by atoms with van der Waals surface area (Å²) in [6.45, 7) is 1.37. The summed E-state index contributed by atoms with van der Waals surface area (Å²) in [6, 6.07) is 3.93. The zero-order chi connectivity index (χ0) is 13.5. The molecule has 0 aliphatic carbocycles. The number of rotatable bonds is 2. The fourth-order valence-electron chi connectivity index (χ4n) is 1.85. The summed E-state index contributed by atoms with van der Waals surface area (Å²) in [5.41, 5.74) is 1.05. The lowest BCUT2D eigenvalue weighted by Crippen LogP contribution is -2.17. The van der Waals surface area contributed by atoms with Crippen LogP contribution in [0.3, 0.4) is 0 Å². The maximum Gasteiger partial charge on any atom is 0.573 e. The fourth-order valence-corrected chi connectivity index (χ4v) is 1.85. The van der Waals surface area contributed by atoms with E-state index in [1.807, 2.05) is 0 Å². The average molecular weight is 257 g/mol. The predicted molar refractivity (Wildman–Crippen MR) is 59.6 cm³/mol. The van der Waals surface area contributed by atoms with Crippen molar-refractivity contribution < 1.29 is 22.7 Å². The predicted octanol–water partition coefficient (Wildman–Crippen LogP) is 3.28. The van der Waals surface area contributed by atoms with Crippen molar-refractivity contribution in [3.05, 3.63) is 30.0 Å². The molecule has 1 aromatic carbocycles. The molecule has 1 heterocycles. The highest BCUT2D eigenvalue weighted by Crippen LogP contribution is 2.29. The number of fused-ring (bicyclic) bond motifs is 1. The topological polar surface area (TPSA) is 31.2 Å². The van der Waals surface area contributed by atoms with Crippen molar-refractivity contribution >= 4 is 16.7 Å². The first-order chi connectivity index (χ1) is 8.28. The maximum atomic E-state index is 12.1. The van der Waals surface area contributed by atoms with Crippen molar-refractivity contribution in [1.29, 1.82) is 0 Å². The van der Waals surface area contributed by atoms with Crippen LogP contribution in [0, 0.1) is 0 Å². The van der Waals surface area contributed by atoms with Gasteiger partial charge in [-0.15, -0.1) is 13.2 Å². The van der Waals surface area contributed by atoms with Gasteiger partial charge >= 0.3 is 6.36 Å². The second-order valence-corrected chi connectivity index (χ2v) is 3.94. The quantitative estimate of drug-likeness (QED) is 0.773. The van der Waals surface area contributed by atoms with Gasteiger partial charge in [-0.25, -0.2) is 0 Å². The minimum absolute atomic E-state index is 0.204. The Morgan fingerprint density at radius 1 is 1.33 bits per heavy atom. The Labute approximate surface area is 101 Å². The van der Waals surface area contributed by atoms with Crippen LogP contribution in [0.1, 0.15) is 17.3 Å². The van der Waals surface area contributed by atoms with E-state index in [0.717, 1.165) is 0 Å². The lowest BCUT2D eigenvalue weighted by atomic mass is 10.1. The summed E-state index contributed by atoms with van der Waals surface area (Å²) in [5, 5.41) is 0.451. The van der Waals surface area contributed by atoms with Crippen molar-refractivity contribution in [2.45, 2.75) is 13.3 Å². The first-order valence-corrected chi connectivity index (χ1v) is 5.14. The number of hydrogen-bond acceptors (Lipinski definition) is 2. The smallest absolute Gasteiger partial charge is 0.406 e. The van der Waals surface area contributed by atoms with Gasteiger partial charge < -0.3 is 9.30 Å². The van der Waals surface area contributed by atoms with Crippen molar-refractivity contribution in [2.24, 2.45) is 7.05 Å². The molecule has 0 radical (unpaired) electrons. The number of aryl methyl sites for hydroxylation is 1. The Kier molecular flexibility index (Phi) is 2.80. The summed E-state index contributed by atoms with van der Waals surface area (Å²) < 4.78 is 41.9. The van der Waals surface area contributed by atoms with E-state index in [1.165, 1.54) is 25.1 Å². The largest absolute Gasteiger partial charge is 0.573 e. The Morgan fingerprint density at radius 3 is 2.56 bits per heavy atom. The summed E-state index contributed by atoms with van der Waals surface area (Å²) >= 11 is 0. The number of halogens is 3. The molecule has 1 aromatic heterocycles. The molecule has 0 N–H and O–H groups in total. The van der Waals surface area contributed by atoms with Crippen LogP contribution in [-0.2, 0) is 7.05 Å². The second-order valence-electron chi connectivity index (χ2n) is 3.94. The van der Waals surface area contributed by atoms with Gasteiger partial charge in [0.1, 0.15) is 5.75 Å². The lowest BCUT2D eigenvalue weighted by molar-refractivity contribution is -0.274. The van der Waals surface area contributed by atoms with Crippen LogP contribution < -0.4 is 4.74 Å². The first kappa shape index (κ1) is 12.5. The molecule has 0 unspecified atom stereocenters. The minimum atomic E-state index is -4.74. The van der Waals surface area contributed by atoms with Crippen molar-refractivity contribution in [3.8, 4) is 5.75 Å². The number of ketones is 1. The Bertz CT molecular complexity index is 614. The molecule has 96 valence electrons. The van der Waals surface area contributed by atoms with Gasteiger partial charge in [0.15, 0.2) is 5.78 Å². The third kappa shape index (κ3) is 2.32. The molecule has 2 aromatic rings. The van der Waals surface area contributed by atoms with Gasteiger partial charge in [0.05, 0.1) is 0 Å². The lowest BCUT2D eigenvalue weighted by Gasteiger charge is -2.08. The summed E-state index contributed by atoms with van der Waals surface area (Å²) in [4.78, 5) is 11.4. The van der Waals surface area contributed by atoms with Gasteiger partial charge in [0.25, 0.3) is 0 Å². The molecule has 0 amide bonds. The number of benzene rings is 1. The molecule has 0 saturated heterocycles. The van der Waals surface area contributed by atoms with E-state index in [4.69, 9.17) is 0 Å². The standard InChI is InChI=1S/C12H10F3NO2/c1-7(17)10-6-16(2)11-4-3-8(5-9(10)11)18-12(13,14)15/h3-6H,1-2H3. The number of ether oxygens (including phenoxy) is 1. The van der Waals surface area contributed by atoms with Crippen LogP contribution in [0.5, 0.6) is 5.75 Å². The van der Waals surface area contributed by atoms with E-state index in [1.54, 1.807) is 17.8 Å². The highest BCUT2D eigenvalue weighted by atomic mass is 19.4. The Hall–Kier alpha value is -1.98. The van der Waals surface area contributed by atoms with Gasteiger partial charge in [-0.1, -0.05) is 0 Å². The fraction of sp³-hybridized carbons (Fsp3) is 0.250. The van der Waals surface area contributed by atoms with Crippen molar-refractivity contribution in [3.63, 3.8) is 0 Å². The molecule has 0 fully saturated rings. The molecular weight excluding hydrogens is 247 g/mol. The molecule has 0 bridgehead atoms. The highest BCUT2D eigenvalue weighted by molar-refractivity contribution is 6.07. The molecule has 18 heavy (non-hydrogen) atoms. The van der Waals surface area contributed by atoms with Crippen LogP contribution in [0.2, 0.25) is 0 Å². The Balaban J connectivity index is 2.56. The van der Waals surface area contributed by atoms with Crippen LogP contribution in [0.4, 0.5) is 13.2 Å². The van der Waals surface area contributed by atoms with Crippen LogP contribution in [0.15, 0.2) is 24.4 Å². The van der Waals surface area contributed by atoms with Crippen LogP contribution >= 0.6 is 0 Å². The summed E-state index contributed by atoms with van der Waals surface area (Å²) in [6.07, 6.45) is -3.15.